The lowest BCUT2D eigenvalue weighted by atomic mass is 10.1. The summed E-state index contributed by atoms with van der Waals surface area (Å²) in [6.07, 6.45) is 3.37. The minimum Gasteiger partial charge on any atom is -0.376 e. The van der Waals surface area contributed by atoms with Crippen LogP contribution in [-0.2, 0) is 89.0 Å². The van der Waals surface area contributed by atoms with E-state index in [-0.39, 0.29) is 0 Å². The molecule has 10 aromatic carbocycles. The molecular formula is C74H72N2O5. The largest absolute Gasteiger partial charge is 0.376 e. The Morgan fingerprint density at radius 3 is 0.556 bits per heavy atom. The molecule has 0 atom stereocenters. The first-order chi connectivity index (χ1) is 40.1. The van der Waals surface area contributed by atoms with Gasteiger partial charge in [0.2, 0.25) is 0 Å². The lowest BCUT2D eigenvalue weighted by Crippen LogP contribution is -2.11. The van der Waals surface area contributed by atoms with Crippen molar-refractivity contribution >= 4 is 34.1 Å². The molecule has 0 heterocycles. The summed E-state index contributed by atoms with van der Waals surface area (Å²) in [5.74, 6) is 0. The van der Waals surface area contributed by atoms with Crippen LogP contribution in [0.5, 0.6) is 0 Å². The monoisotopic (exact) mass is 1070 g/mol. The van der Waals surface area contributed by atoms with Gasteiger partial charge in [0.05, 0.1) is 66.1 Å². The van der Waals surface area contributed by atoms with Crippen LogP contribution in [0.4, 0.5) is 34.1 Å². The van der Waals surface area contributed by atoms with Gasteiger partial charge in [0, 0.05) is 34.1 Å². The number of hydrogen-bond donors (Lipinski definition) is 0. The van der Waals surface area contributed by atoms with Crippen LogP contribution in [0.25, 0.3) is 0 Å². The number of hydrogen-bond acceptors (Lipinski definition) is 7. The summed E-state index contributed by atoms with van der Waals surface area (Å²) in [5.41, 5.74) is 18.4. The first kappa shape index (κ1) is 55.9. The van der Waals surface area contributed by atoms with E-state index in [4.69, 9.17) is 23.7 Å². The van der Waals surface area contributed by atoms with Crippen LogP contribution < -0.4 is 9.80 Å². The maximum Gasteiger partial charge on any atom is 0.0721 e. The lowest BCUT2D eigenvalue weighted by molar-refractivity contribution is 0.107. The molecule has 7 nitrogen and oxygen atoms in total. The molecule has 0 bridgehead atoms. The molecule has 81 heavy (non-hydrogen) atoms. The molecule has 408 valence electrons. The molecule has 10 rings (SSSR count). The van der Waals surface area contributed by atoms with Gasteiger partial charge in [-0.25, -0.2) is 0 Å². The van der Waals surface area contributed by atoms with Gasteiger partial charge in [-0.05, 0) is 154 Å². The van der Waals surface area contributed by atoms with Crippen molar-refractivity contribution in [2.24, 2.45) is 0 Å². The molecule has 0 aromatic heterocycles. The van der Waals surface area contributed by atoms with Crippen LogP contribution in [0.15, 0.2) is 267 Å². The van der Waals surface area contributed by atoms with E-state index in [1.807, 2.05) is 24.3 Å². The van der Waals surface area contributed by atoms with E-state index in [1.54, 1.807) is 0 Å². The molecule has 0 N–H and O–H groups in total. The molecule has 0 radical (unpaired) electrons. The smallest absolute Gasteiger partial charge is 0.0721 e. The van der Waals surface area contributed by atoms with Crippen molar-refractivity contribution in [1.82, 2.24) is 0 Å². The predicted octanol–water partition coefficient (Wildman–Crippen LogP) is 17.4. The van der Waals surface area contributed by atoms with Crippen molar-refractivity contribution in [3.05, 3.63) is 323 Å². The molecule has 10 aromatic rings. The average molecular weight is 1070 g/mol. The van der Waals surface area contributed by atoms with Gasteiger partial charge in [0.1, 0.15) is 0 Å². The first-order valence-corrected chi connectivity index (χ1v) is 28.3. The summed E-state index contributed by atoms with van der Waals surface area (Å²) in [5, 5.41) is 0. The van der Waals surface area contributed by atoms with Crippen molar-refractivity contribution in [2.75, 3.05) is 36.2 Å². The molecule has 0 saturated heterocycles. The fourth-order valence-electron chi connectivity index (χ4n) is 9.73. The average Bonchev–Trinajstić information content (AvgIpc) is 3.61. The predicted molar refractivity (Wildman–Crippen MR) is 330 cm³/mol. The maximum atomic E-state index is 6.39. The van der Waals surface area contributed by atoms with Crippen molar-refractivity contribution in [2.45, 2.75) is 65.3 Å². The van der Waals surface area contributed by atoms with Gasteiger partial charge in [-0.15, -0.1) is 0 Å². The SMILES string of the molecule is c1ccc(COCCc2ccc(N(c3ccc(CCOCc4ccccc4)cc3)c3ccc(COCc4ccc(N(c5ccc(CCOCc6ccccc6)cc5)c5ccc(CCOCc6ccccc6)cc5)cc4)cc3)cc2)cc1. The van der Waals surface area contributed by atoms with E-state index in [9.17, 15) is 0 Å². The number of benzene rings is 10. The van der Waals surface area contributed by atoms with Crippen LogP contribution in [-0.4, -0.2) is 26.4 Å². The van der Waals surface area contributed by atoms with Gasteiger partial charge in [-0.1, -0.05) is 194 Å². The van der Waals surface area contributed by atoms with E-state index in [0.29, 0.717) is 66.1 Å². The van der Waals surface area contributed by atoms with E-state index in [1.165, 1.54) is 44.5 Å². The highest BCUT2D eigenvalue weighted by Crippen LogP contribution is 2.37. The maximum absolute atomic E-state index is 6.39. The second kappa shape index (κ2) is 30.3. The summed E-state index contributed by atoms with van der Waals surface area (Å²) in [7, 11) is 0. The van der Waals surface area contributed by atoms with Crippen molar-refractivity contribution in [3.8, 4) is 0 Å². The Bertz CT molecular complexity index is 2930. The Hall–Kier alpha value is -8.40. The van der Waals surface area contributed by atoms with Crippen LogP contribution >= 0.6 is 0 Å². The number of rotatable bonds is 30. The summed E-state index contributed by atoms with van der Waals surface area (Å²) in [4.78, 5) is 4.63. The third kappa shape index (κ3) is 17.3. The Labute approximate surface area is 479 Å². The van der Waals surface area contributed by atoms with Crippen LogP contribution in [0.3, 0.4) is 0 Å². The standard InChI is InChI=1S/C74H72N2O5/c1-5-13-63(14-6-1)53-77-49-45-59-21-33-69(34-22-59)75(70-35-23-60(24-36-70)46-50-78-54-64-15-7-2-8-16-64)73-41-29-67(30-42-73)57-81-58-68-31-43-74(44-32-68)76(71-37-25-61(26-38-71)47-51-79-55-65-17-9-3-10-18-65)72-39-27-62(28-40-72)48-52-80-56-66-19-11-4-12-20-66/h1-44H,45-58H2. The molecule has 0 aliphatic carbocycles. The normalized spacial score (nSPS) is 11.2. The summed E-state index contributed by atoms with van der Waals surface area (Å²) in [6.45, 7) is 6.08. The van der Waals surface area contributed by atoms with E-state index in [0.717, 1.165) is 70.9 Å². The third-order valence-corrected chi connectivity index (χ3v) is 14.3. The van der Waals surface area contributed by atoms with Gasteiger partial charge < -0.3 is 33.5 Å². The molecule has 0 aliphatic heterocycles. The number of nitrogens with zero attached hydrogens (tertiary/aromatic N) is 2. The van der Waals surface area contributed by atoms with Gasteiger partial charge in [-0.2, -0.15) is 0 Å². The molecule has 0 fully saturated rings. The second-order valence-corrected chi connectivity index (χ2v) is 20.3. The van der Waals surface area contributed by atoms with Gasteiger partial charge in [-0.3, -0.25) is 0 Å². The number of ether oxygens (including phenoxy) is 5. The minimum atomic E-state index is 0.490. The van der Waals surface area contributed by atoms with Crippen molar-refractivity contribution in [1.29, 1.82) is 0 Å². The van der Waals surface area contributed by atoms with Crippen LogP contribution in [0, 0.1) is 0 Å². The lowest BCUT2D eigenvalue weighted by Gasteiger charge is -2.26. The zero-order chi connectivity index (χ0) is 54.9. The highest BCUT2D eigenvalue weighted by molar-refractivity contribution is 5.78. The molecule has 0 unspecified atom stereocenters. The van der Waals surface area contributed by atoms with Crippen LogP contribution in [0.1, 0.15) is 55.6 Å². The van der Waals surface area contributed by atoms with Crippen LogP contribution in [0.2, 0.25) is 0 Å². The fourth-order valence-corrected chi connectivity index (χ4v) is 9.73. The molecule has 0 amide bonds. The first-order valence-electron chi connectivity index (χ1n) is 28.3. The fraction of sp³-hybridized carbons (Fsp3) is 0.189. The van der Waals surface area contributed by atoms with Gasteiger partial charge in [0.25, 0.3) is 0 Å². The molecule has 0 spiro atoms. The minimum absolute atomic E-state index is 0.490. The Morgan fingerprint density at radius 2 is 0.346 bits per heavy atom. The van der Waals surface area contributed by atoms with E-state index in [2.05, 4.69) is 252 Å². The van der Waals surface area contributed by atoms with Crippen molar-refractivity contribution in [3.63, 3.8) is 0 Å². The summed E-state index contributed by atoms with van der Waals surface area (Å²) < 4.78 is 30.5. The molecule has 0 aliphatic rings. The summed E-state index contributed by atoms with van der Waals surface area (Å²) in [6, 6.07) is 94.2. The zero-order valence-electron chi connectivity index (χ0n) is 46.2. The van der Waals surface area contributed by atoms with E-state index < -0.39 is 0 Å². The van der Waals surface area contributed by atoms with Crippen molar-refractivity contribution < 1.29 is 23.7 Å². The van der Waals surface area contributed by atoms with Gasteiger partial charge >= 0.3 is 0 Å². The molecular weight excluding hydrogens is 997 g/mol. The van der Waals surface area contributed by atoms with E-state index >= 15 is 0 Å². The molecule has 0 saturated carbocycles. The second-order valence-electron chi connectivity index (χ2n) is 20.3. The Kier molecular flexibility index (Phi) is 20.9. The Balaban J connectivity index is 0.774. The third-order valence-electron chi connectivity index (χ3n) is 14.3. The highest BCUT2D eigenvalue weighted by Gasteiger charge is 2.16. The van der Waals surface area contributed by atoms with Gasteiger partial charge in [0.15, 0.2) is 0 Å². The quantitative estimate of drug-likeness (QED) is 0.0416. The highest BCUT2D eigenvalue weighted by atomic mass is 16.5. The topological polar surface area (TPSA) is 52.6 Å². The molecule has 7 heteroatoms. The Morgan fingerprint density at radius 1 is 0.173 bits per heavy atom. The zero-order valence-corrected chi connectivity index (χ0v) is 46.2. The summed E-state index contributed by atoms with van der Waals surface area (Å²) >= 11 is 0. The number of anilines is 6.